The first-order chi connectivity index (χ1) is 11.3. The molecule has 4 heteroatoms. The topological polar surface area (TPSA) is 38.8 Å². The van der Waals surface area contributed by atoms with Crippen molar-refractivity contribution >= 4 is 6.09 Å². The van der Waals surface area contributed by atoms with Crippen LogP contribution in [0.1, 0.15) is 58.9 Å². The second-order valence-electron chi connectivity index (χ2n) is 7.65. The van der Waals surface area contributed by atoms with E-state index in [0.717, 1.165) is 25.1 Å². The number of likely N-dealkylation sites (tertiary alicyclic amines) is 1. The molecule has 134 valence electrons. The number of ether oxygens (including phenoxy) is 2. The van der Waals surface area contributed by atoms with Crippen molar-refractivity contribution in [1.82, 2.24) is 4.90 Å². The van der Waals surface area contributed by atoms with E-state index in [1.54, 1.807) is 7.11 Å². The molecule has 0 bridgehead atoms. The van der Waals surface area contributed by atoms with Crippen LogP contribution in [0.15, 0.2) is 24.3 Å². The summed E-state index contributed by atoms with van der Waals surface area (Å²) in [4.78, 5) is 14.4. The van der Waals surface area contributed by atoms with E-state index in [1.807, 2.05) is 37.8 Å². The standard InChI is InChI=1S/C20H31NO3/c1-7-17-14(2)21(19(22)24-20(3,4)5)13-12-18(17)15-8-10-16(23-6)11-9-15/h8-11,14,17-18H,7,12-13H2,1-6H3/t14-,17-,18+/m1/s1. The van der Waals surface area contributed by atoms with Gasteiger partial charge in [-0.15, -0.1) is 0 Å². The maximum absolute atomic E-state index is 12.5. The number of nitrogens with zero attached hydrogens (tertiary/aromatic N) is 1. The van der Waals surface area contributed by atoms with Gasteiger partial charge in [-0.25, -0.2) is 4.79 Å². The van der Waals surface area contributed by atoms with Gasteiger partial charge in [-0.1, -0.05) is 25.5 Å². The van der Waals surface area contributed by atoms with E-state index in [9.17, 15) is 4.79 Å². The van der Waals surface area contributed by atoms with E-state index < -0.39 is 5.60 Å². The molecule has 0 aliphatic carbocycles. The zero-order chi connectivity index (χ0) is 17.9. The molecule has 2 rings (SSSR count). The van der Waals surface area contributed by atoms with Crippen molar-refractivity contribution in [3.63, 3.8) is 0 Å². The maximum Gasteiger partial charge on any atom is 0.410 e. The number of amides is 1. The van der Waals surface area contributed by atoms with Crippen molar-refractivity contribution in [1.29, 1.82) is 0 Å². The molecule has 1 fully saturated rings. The second-order valence-corrected chi connectivity index (χ2v) is 7.65. The lowest BCUT2D eigenvalue weighted by Gasteiger charge is -2.44. The van der Waals surface area contributed by atoms with Crippen LogP contribution in [-0.4, -0.2) is 36.3 Å². The summed E-state index contributed by atoms with van der Waals surface area (Å²) in [5, 5.41) is 0. The molecule has 0 saturated carbocycles. The van der Waals surface area contributed by atoms with Crippen molar-refractivity contribution in [2.45, 2.75) is 65.0 Å². The summed E-state index contributed by atoms with van der Waals surface area (Å²) < 4.78 is 10.8. The molecule has 1 saturated heterocycles. The monoisotopic (exact) mass is 333 g/mol. The Hall–Kier alpha value is -1.71. The highest BCUT2D eigenvalue weighted by molar-refractivity contribution is 5.68. The normalized spacial score (nSPS) is 24.6. The van der Waals surface area contributed by atoms with Gasteiger partial charge in [0.1, 0.15) is 11.4 Å². The molecule has 0 unspecified atom stereocenters. The first kappa shape index (κ1) is 18.6. The molecule has 0 radical (unpaired) electrons. The van der Waals surface area contributed by atoms with E-state index in [4.69, 9.17) is 9.47 Å². The number of methoxy groups -OCH3 is 1. The van der Waals surface area contributed by atoms with E-state index in [0.29, 0.717) is 11.8 Å². The number of hydrogen-bond acceptors (Lipinski definition) is 3. The van der Waals surface area contributed by atoms with Gasteiger partial charge in [0.25, 0.3) is 0 Å². The summed E-state index contributed by atoms with van der Waals surface area (Å²) in [6.07, 6.45) is 1.81. The predicted molar refractivity (Wildman–Crippen MR) is 96.5 cm³/mol. The van der Waals surface area contributed by atoms with Gasteiger partial charge in [0.2, 0.25) is 0 Å². The summed E-state index contributed by atoms with van der Waals surface area (Å²) in [7, 11) is 1.69. The molecule has 3 atom stereocenters. The van der Waals surface area contributed by atoms with Crippen LogP contribution < -0.4 is 4.74 Å². The van der Waals surface area contributed by atoms with Crippen molar-refractivity contribution in [3.8, 4) is 5.75 Å². The Balaban J connectivity index is 2.14. The molecule has 0 aromatic heterocycles. The molecule has 1 amide bonds. The van der Waals surface area contributed by atoms with Crippen LogP contribution in [0.5, 0.6) is 5.75 Å². The van der Waals surface area contributed by atoms with Crippen LogP contribution >= 0.6 is 0 Å². The highest BCUT2D eigenvalue weighted by atomic mass is 16.6. The Morgan fingerprint density at radius 2 is 1.88 bits per heavy atom. The van der Waals surface area contributed by atoms with Crippen LogP contribution in [0.3, 0.4) is 0 Å². The fraction of sp³-hybridized carbons (Fsp3) is 0.650. The minimum atomic E-state index is -0.453. The Morgan fingerprint density at radius 1 is 1.25 bits per heavy atom. The first-order valence-corrected chi connectivity index (χ1v) is 8.90. The molecule has 0 spiro atoms. The molecule has 0 N–H and O–H groups in total. The van der Waals surface area contributed by atoms with Crippen LogP contribution in [0.4, 0.5) is 4.79 Å². The van der Waals surface area contributed by atoms with Gasteiger partial charge in [0.05, 0.1) is 7.11 Å². The smallest absolute Gasteiger partial charge is 0.410 e. The van der Waals surface area contributed by atoms with Crippen molar-refractivity contribution in [3.05, 3.63) is 29.8 Å². The third-order valence-corrected chi connectivity index (χ3v) is 4.95. The quantitative estimate of drug-likeness (QED) is 0.795. The Morgan fingerprint density at radius 3 is 2.38 bits per heavy atom. The fourth-order valence-corrected chi connectivity index (χ4v) is 3.73. The number of rotatable bonds is 3. The van der Waals surface area contributed by atoms with Crippen LogP contribution in [0.25, 0.3) is 0 Å². The molecule has 1 aliphatic rings. The Kier molecular flexibility index (Phi) is 5.79. The van der Waals surface area contributed by atoms with Crippen LogP contribution in [-0.2, 0) is 4.74 Å². The minimum absolute atomic E-state index is 0.172. The number of piperidine rings is 1. The van der Waals surface area contributed by atoms with E-state index in [-0.39, 0.29) is 12.1 Å². The zero-order valence-corrected chi connectivity index (χ0v) is 15.8. The Bertz CT molecular complexity index is 547. The van der Waals surface area contributed by atoms with Crippen LogP contribution in [0, 0.1) is 5.92 Å². The molecule has 1 heterocycles. The van der Waals surface area contributed by atoms with E-state index in [2.05, 4.69) is 26.0 Å². The average molecular weight is 333 g/mol. The third kappa shape index (κ3) is 4.22. The number of hydrogen-bond donors (Lipinski definition) is 0. The third-order valence-electron chi connectivity index (χ3n) is 4.95. The lowest BCUT2D eigenvalue weighted by Crippen LogP contribution is -2.50. The molecule has 1 aromatic rings. The average Bonchev–Trinajstić information content (AvgIpc) is 2.52. The van der Waals surface area contributed by atoms with Gasteiger partial charge >= 0.3 is 6.09 Å². The lowest BCUT2D eigenvalue weighted by atomic mass is 9.75. The molecular formula is C20H31NO3. The van der Waals surface area contributed by atoms with E-state index in [1.165, 1.54) is 5.56 Å². The minimum Gasteiger partial charge on any atom is -0.497 e. The fourth-order valence-electron chi connectivity index (χ4n) is 3.73. The SMILES string of the molecule is CC[C@@H]1[C@@H](C)N(C(=O)OC(C)(C)C)CC[C@H]1c1ccc(OC)cc1. The van der Waals surface area contributed by atoms with Crippen molar-refractivity contribution in [2.24, 2.45) is 5.92 Å². The summed E-state index contributed by atoms with van der Waals surface area (Å²) in [5.74, 6) is 1.78. The summed E-state index contributed by atoms with van der Waals surface area (Å²) in [6.45, 7) is 10.8. The Labute approximate surface area is 146 Å². The molecular weight excluding hydrogens is 302 g/mol. The summed E-state index contributed by atoms with van der Waals surface area (Å²) >= 11 is 0. The van der Waals surface area contributed by atoms with Gasteiger partial charge in [-0.2, -0.15) is 0 Å². The first-order valence-electron chi connectivity index (χ1n) is 8.90. The van der Waals surface area contributed by atoms with Crippen LogP contribution in [0.2, 0.25) is 0 Å². The van der Waals surface area contributed by atoms with E-state index >= 15 is 0 Å². The lowest BCUT2D eigenvalue weighted by molar-refractivity contribution is -0.000822. The molecule has 1 aliphatic heterocycles. The van der Waals surface area contributed by atoms with Gasteiger partial charge in [0.15, 0.2) is 0 Å². The molecule has 4 nitrogen and oxygen atoms in total. The molecule has 24 heavy (non-hydrogen) atoms. The van der Waals surface area contributed by atoms with Gasteiger partial charge in [-0.05, 0) is 63.6 Å². The molecule has 1 aromatic carbocycles. The number of benzene rings is 1. The van der Waals surface area contributed by atoms with Gasteiger partial charge in [-0.3, -0.25) is 0 Å². The number of carbonyl (C=O) groups excluding carboxylic acids is 1. The largest absolute Gasteiger partial charge is 0.497 e. The highest BCUT2D eigenvalue weighted by Crippen LogP contribution is 2.39. The zero-order valence-electron chi connectivity index (χ0n) is 15.8. The van der Waals surface area contributed by atoms with Gasteiger partial charge in [0, 0.05) is 12.6 Å². The summed E-state index contributed by atoms with van der Waals surface area (Å²) in [6, 6.07) is 8.52. The van der Waals surface area contributed by atoms with Crippen molar-refractivity contribution in [2.75, 3.05) is 13.7 Å². The second kappa shape index (κ2) is 7.45. The maximum atomic E-state index is 12.5. The summed E-state index contributed by atoms with van der Waals surface area (Å²) in [5.41, 5.74) is 0.879. The number of carbonyl (C=O) groups is 1. The van der Waals surface area contributed by atoms with Gasteiger partial charge < -0.3 is 14.4 Å². The predicted octanol–water partition coefficient (Wildman–Crippen LogP) is 4.83. The highest BCUT2D eigenvalue weighted by Gasteiger charge is 2.38. The van der Waals surface area contributed by atoms with Crippen molar-refractivity contribution < 1.29 is 14.3 Å².